The summed E-state index contributed by atoms with van der Waals surface area (Å²) in [5.41, 5.74) is 1.93. The number of unbranched alkanes of at least 4 members (excludes halogenated alkanes) is 3. The van der Waals surface area contributed by atoms with E-state index >= 15 is 0 Å². The fourth-order valence-electron chi connectivity index (χ4n) is 5.53. The van der Waals surface area contributed by atoms with Crippen LogP contribution in [0.3, 0.4) is 0 Å². The van der Waals surface area contributed by atoms with Crippen LogP contribution in [0.4, 0.5) is 0 Å². The van der Waals surface area contributed by atoms with Gasteiger partial charge in [0, 0.05) is 18.1 Å². The van der Waals surface area contributed by atoms with E-state index in [0.717, 1.165) is 37.0 Å². The van der Waals surface area contributed by atoms with E-state index in [4.69, 9.17) is 4.74 Å². The van der Waals surface area contributed by atoms with Crippen molar-refractivity contribution < 1.29 is 14.9 Å². The quantitative estimate of drug-likeness (QED) is 0.539. The molecule has 3 rings (SSSR count). The molecule has 3 nitrogen and oxygen atoms in total. The number of aromatic hydroxyl groups is 1. The summed E-state index contributed by atoms with van der Waals surface area (Å²) in [6, 6.07) is 4.18. The van der Waals surface area contributed by atoms with Crippen LogP contribution < -0.4 is 4.74 Å². The van der Waals surface area contributed by atoms with Crippen LogP contribution in [-0.2, 0) is 5.41 Å². The smallest absolute Gasteiger partial charge is 0.127 e. The molecule has 3 atom stereocenters. The second kappa shape index (κ2) is 8.26. The van der Waals surface area contributed by atoms with Crippen LogP contribution in [0.25, 0.3) is 0 Å². The van der Waals surface area contributed by atoms with E-state index in [9.17, 15) is 10.2 Å². The molecule has 0 bridgehead atoms. The Labute approximate surface area is 171 Å². The van der Waals surface area contributed by atoms with Gasteiger partial charge in [-0.15, -0.1) is 0 Å². The summed E-state index contributed by atoms with van der Waals surface area (Å²) in [6.07, 6.45) is 9.18. The molecule has 1 aromatic carbocycles. The number of benzene rings is 1. The van der Waals surface area contributed by atoms with Crippen LogP contribution >= 0.6 is 0 Å². The van der Waals surface area contributed by atoms with Crippen molar-refractivity contribution in [2.75, 3.05) is 6.61 Å². The fraction of sp³-hybridized carbons (Fsp3) is 0.760. The molecule has 1 aromatic rings. The minimum atomic E-state index is -0.242. The molecule has 0 amide bonds. The summed E-state index contributed by atoms with van der Waals surface area (Å²) in [5, 5.41) is 20.7. The van der Waals surface area contributed by atoms with Gasteiger partial charge in [-0.2, -0.15) is 0 Å². The van der Waals surface area contributed by atoms with E-state index in [1.165, 1.54) is 31.2 Å². The maximum absolute atomic E-state index is 11.0. The Morgan fingerprint density at radius 1 is 1.14 bits per heavy atom. The highest BCUT2D eigenvalue weighted by molar-refractivity contribution is 5.53. The highest BCUT2D eigenvalue weighted by Crippen LogP contribution is 2.56. The number of aliphatic hydroxyl groups excluding tert-OH is 1. The normalized spacial score (nSPS) is 26.3. The molecule has 0 radical (unpaired) electrons. The molecule has 1 heterocycles. The predicted octanol–water partition coefficient (Wildman–Crippen LogP) is 6.30. The van der Waals surface area contributed by atoms with Crippen molar-refractivity contribution in [3.63, 3.8) is 0 Å². The van der Waals surface area contributed by atoms with Crippen LogP contribution in [0.5, 0.6) is 11.5 Å². The largest absolute Gasteiger partial charge is 0.508 e. The Balaban J connectivity index is 1.91. The van der Waals surface area contributed by atoms with E-state index in [1.807, 2.05) is 6.07 Å². The van der Waals surface area contributed by atoms with Crippen molar-refractivity contribution in [1.29, 1.82) is 0 Å². The Morgan fingerprint density at radius 2 is 1.89 bits per heavy atom. The molecule has 0 saturated heterocycles. The molecule has 158 valence electrons. The van der Waals surface area contributed by atoms with Gasteiger partial charge in [-0.1, -0.05) is 46.5 Å². The van der Waals surface area contributed by atoms with E-state index in [2.05, 4.69) is 40.7 Å². The molecule has 28 heavy (non-hydrogen) atoms. The van der Waals surface area contributed by atoms with Gasteiger partial charge in [-0.25, -0.2) is 0 Å². The average molecular weight is 389 g/mol. The maximum Gasteiger partial charge on any atom is 0.127 e. The number of fused-ring (bicyclic) bond motifs is 3. The summed E-state index contributed by atoms with van der Waals surface area (Å²) in [4.78, 5) is 0. The van der Waals surface area contributed by atoms with Gasteiger partial charge in [0.25, 0.3) is 0 Å². The Kier molecular flexibility index (Phi) is 6.34. The minimum Gasteiger partial charge on any atom is -0.508 e. The Bertz CT molecular complexity index is 677. The maximum atomic E-state index is 11.0. The van der Waals surface area contributed by atoms with Crippen molar-refractivity contribution >= 4 is 0 Å². The second-order valence-corrected chi connectivity index (χ2v) is 10.4. The van der Waals surface area contributed by atoms with Crippen molar-refractivity contribution in [3.8, 4) is 11.5 Å². The molecule has 1 aliphatic carbocycles. The van der Waals surface area contributed by atoms with Crippen molar-refractivity contribution in [2.24, 2.45) is 11.8 Å². The monoisotopic (exact) mass is 388 g/mol. The van der Waals surface area contributed by atoms with E-state index in [-0.39, 0.29) is 23.5 Å². The number of ether oxygens (including phenoxy) is 1. The Morgan fingerprint density at radius 3 is 2.57 bits per heavy atom. The summed E-state index contributed by atoms with van der Waals surface area (Å²) in [5.74, 6) is 2.24. The highest BCUT2D eigenvalue weighted by Gasteiger charge is 2.47. The van der Waals surface area contributed by atoms with Crippen molar-refractivity contribution in [1.82, 2.24) is 0 Å². The molecule has 0 spiro atoms. The van der Waals surface area contributed by atoms with Gasteiger partial charge in [0.05, 0.1) is 0 Å². The third-order valence-electron chi connectivity index (χ3n) is 7.41. The number of aliphatic hydroxyl groups is 1. The number of rotatable bonds is 7. The number of phenols is 1. The highest BCUT2D eigenvalue weighted by atomic mass is 16.5. The van der Waals surface area contributed by atoms with Gasteiger partial charge in [-0.3, -0.25) is 0 Å². The van der Waals surface area contributed by atoms with Gasteiger partial charge in [0.1, 0.15) is 17.1 Å². The molecule has 2 aliphatic rings. The molecule has 1 aliphatic heterocycles. The number of hydrogen-bond donors (Lipinski definition) is 2. The molecule has 1 unspecified atom stereocenters. The lowest BCUT2D eigenvalue weighted by Gasteiger charge is -2.49. The molecule has 3 heteroatoms. The lowest BCUT2D eigenvalue weighted by atomic mass is 9.63. The third kappa shape index (κ3) is 4.20. The zero-order valence-electron chi connectivity index (χ0n) is 18.6. The SMILES string of the molecule is CCCCCCC(C)(C)c1cc(O)c2c(c1)OC(C)(C)[C@@H]1CCC(CO)C[C@@H]21. The van der Waals surface area contributed by atoms with E-state index in [0.29, 0.717) is 17.6 Å². The van der Waals surface area contributed by atoms with Gasteiger partial charge in [0.2, 0.25) is 0 Å². The van der Waals surface area contributed by atoms with Gasteiger partial charge >= 0.3 is 0 Å². The summed E-state index contributed by atoms with van der Waals surface area (Å²) in [7, 11) is 0. The zero-order valence-corrected chi connectivity index (χ0v) is 18.6. The van der Waals surface area contributed by atoms with E-state index in [1.54, 1.807) is 0 Å². The second-order valence-electron chi connectivity index (χ2n) is 10.4. The number of phenolic OH excluding ortho intramolecular Hbond substituents is 1. The zero-order chi connectivity index (χ0) is 20.5. The van der Waals surface area contributed by atoms with Crippen LogP contribution in [-0.4, -0.2) is 22.4 Å². The summed E-state index contributed by atoms with van der Waals surface area (Å²) < 4.78 is 6.49. The standard InChI is InChI=1S/C25H40O3/c1-6-7-8-9-12-24(2,3)18-14-21(27)23-19-13-17(16-26)10-11-20(19)25(4,5)28-22(23)15-18/h14-15,17,19-20,26-27H,6-13,16H2,1-5H3/t17?,19-,20-/m1/s1. The fourth-order valence-corrected chi connectivity index (χ4v) is 5.53. The first-order valence-corrected chi connectivity index (χ1v) is 11.4. The molecule has 1 fully saturated rings. The average Bonchev–Trinajstić information content (AvgIpc) is 2.63. The van der Waals surface area contributed by atoms with Gasteiger partial charge in [0.15, 0.2) is 0 Å². The summed E-state index contributed by atoms with van der Waals surface area (Å²) in [6.45, 7) is 11.4. The van der Waals surface area contributed by atoms with Crippen molar-refractivity contribution in [3.05, 3.63) is 23.3 Å². The molecular formula is C25H40O3. The minimum absolute atomic E-state index is 0.0187. The first-order chi connectivity index (χ1) is 13.2. The lowest BCUT2D eigenvalue weighted by molar-refractivity contribution is -0.0211. The topological polar surface area (TPSA) is 49.7 Å². The van der Waals surface area contributed by atoms with Crippen LogP contribution in [0.15, 0.2) is 12.1 Å². The lowest BCUT2D eigenvalue weighted by Crippen LogP contribution is -2.47. The van der Waals surface area contributed by atoms with Crippen molar-refractivity contribution in [2.45, 2.75) is 103 Å². The van der Waals surface area contributed by atoms with E-state index < -0.39 is 0 Å². The van der Waals surface area contributed by atoms with Crippen LogP contribution in [0, 0.1) is 11.8 Å². The molecule has 1 saturated carbocycles. The predicted molar refractivity (Wildman–Crippen MR) is 115 cm³/mol. The first-order valence-electron chi connectivity index (χ1n) is 11.4. The van der Waals surface area contributed by atoms with Gasteiger partial charge < -0.3 is 14.9 Å². The van der Waals surface area contributed by atoms with Gasteiger partial charge in [-0.05, 0) is 74.5 Å². The molecule has 2 N–H and O–H groups in total. The third-order valence-corrected chi connectivity index (χ3v) is 7.41. The van der Waals surface area contributed by atoms with Crippen LogP contribution in [0.2, 0.25) is 0 Å². The first kappa shape index (κ1) is 21.5. The summed E-state index contributed by atoms with van der Waals surface area (Å²) >= 11 is 0. The Hall–Kier alpha value is -1.22. The molecular weight excluding hydrogens is 348 g/mol. The van der Waals surface area contributed by atoms with Crippen LogP contribution in [0.1, 0.15) is 103 Å². The molecule has 0 aromatic heterocycles. The number of hydrogen-bond acceptors (Lipinski definition) is 3.